The Balaban J connectivity index is 2.11. The lowest BCUT2D eigenvalue weighted by Crippen LogP contribution is -2.24. The van der Waals surface area contributed by atoms with Crippen LogP contribution in [0.25, 0.3) is 0 Å². The fraction of sp³-hybridized carbons (Fsp3) is 0.545. The average molecular weight is 289 g/mol. The molecule has 1 atom stereocenters. The Morgan fingerprint density at radius 3 is 3.11 bits per heavy atom. The maximum atomic E-state index is 11.8. The van der Waals surface area contributed by atoms with Crippen LogP contribution in [-0.2, 0) is 9.53 Å². The predicted molar refractivity (Wildman–Crippen MR) is 69.3 cm³/mol. The second-order valence-corrected chi connectivity index (χ2v) is 5.27. The van der Waals surface area contributed by atoms with Crippen LogP contribution in [0.5, 0.6) is 0 Å². The lowest BCUT2D eigenvalue weighted by molar-refractivity contribution is -0.117. The number of amides is 1. The molecule has 1 fully saturated rings. The van der Waals surface area contributed by atoms with E-state index in [-0.39, 0.29) is 11.8 Å². The fourth-order valence-electron chi connectivity index (χ4n) is 1.76. The predicted octanol–water partition coefficient (Wildman–Crippen LogP) is 1.91. The van der Waals surface area contributed by atoms with Crippen molar-refractivity contribution in [1.82, 2.24) is 4.98 Å². The molecule has 1 amide bonds. The minimum Gasteiger partial charge on any atom is -0.462 e. The first kappa shape index (κ1) is 13.3. The molecule has 1 aromatic rings. The molecule has 7 heteroatoms. The second kappa shape index (κ2) is 5.67. The summed E-state index contributed by atoms with van der Waals surface area (Å²) in [6.07, 6.45) is 1.89. The van der Waals surface area contributed by atoms with E-state index in [1.807, 2.05) is 0 Å². The van der Waals surface area contributed by atoms with Crippen molar-refractivity contribution in [2.45, 2.75) is 13.3 Å². The molecule has 0 N–H and O–H groups in total. The minimum atomic E-state index is -0.401. The van der Waals surface area contributed by atoms with Gasteiger partial charge in [0, 0.05) is 18.8 Å². The van der Waals surface area contributed by atoms with E-state index in [0.29, 0.717) is 35.5 Å². The van der Waals surface area contributed by atoms with Gasteiger partial charge in [-0.15, -0.1) is 11.6 Å². The van der Waals surface area contributed by atoms with Gasteiger partial charge in [-0.05, 0) is 12.8 Å². The number of aromatic nitrogens is 1. The molecule has 0 saturated carbocycles. The number of ether oxygens (including phenoxy) is 1. The topological polar surface area (TPSA) is 59.5 Å². The largest absolute Gasteiger partial charge is 0.462 e. The highest BCUT2D eigenvalue weighted by atomic mass is 35.5. The van der Waals surface area contributed by atoms with E-state index in [1.54, 1.807) is 11.8 Å². The third-order valence-electron chi connectivity index (χ3n) is 2.62. The Morgan fingerprint density at radius 2 is 2.50 bits per heavy atom. The Bertz CT molecular complexity index is 463. The number of hydrogen-bond donors (Lipinski definition) is 0. The smallest absolute Gasteiger partial charge is 0.350 e. The van der Waals surface area contributed by atoms with Crippen molar-refractivity contribution in [3.8, 4) is 0 Å². The lowest BCUT2D eigenvalue weighted by Gasteiger charge is -2.11. The minimum absolute atomic E-state index is 0.00501. The molecule has 0 radical (unpaired) electrons. The molecule has 1 unspecified atom stereocenters. The van der Waals surface area contributed by atoms with Crippen LogP contribution in [0.3, 0.4) is 0 Å². The van der Waals surface area contributed by atoms with E-state index in [0.717, 1.165) is 0 Å². The molecular weight excluding hydrogens is 276 g/mol. The molecule has 98 valence electrons. The number of rotatable bonds is 4. The standard InChI is InChI=1S/C11H13ClN2O3S/c1-2-17-10(16)8-5-13-11(18-8)14-6-7(4-12)3-9(14)15/h5,7H,2-4,6H2,1H3. The highest BCUT2D eigenvalue weighted by Crippen LogP contribution is 2.29. The van der Waals surface area contributed by atoms with Gasteiger partial charge in [-0.25, -0.2) is 9.78 Å². The molecule has 1 aliphatic rings. The summed E-state index contributed by atoms with van der Waals surface area (Å²) in [4.78, 5) is 29.4. The summed E-state index contributed by atoms with van der Waals surface area (Å²) in [5.74, 6) is 0.222. The average Bonchev–Trinajstić information content (AvgIpc) is 2.95. The van der Waals surface area contributed by atoms with Gasteiger partial charge in [0.25, 0.3) is 0 Å². The lowest BCUT2D eigenvalue weighted by atomic mass is 10.2. The molecular formula is C11H13ClN2O3S. The van der Waals surface area contributed by atoms with Crippen LogP contribution < -0.4 is 4.90 Å². The molecule has 2 heterocycles. The molecule has 5 nitrogen and oxygen atoms in total. The quantitative estimate of drug-likeness (QED) is 0.627. The number of carbonyl (C=O) groups excluding carboxylic acids is 2. The first-order chi connectivity index (χ1) is 8.65. The van der Waals surface area contributed by atoms with Crippen LogP contribution >= 0.6 is 22.9 Å². The maximum absolute atomic E-state index is 11.8. The van der Waals surface area contributed by atoms with Gasteiger partial charge >= 0.3 is 5.97 Å². The van der Waals surface area contributed by atoms with Crippen LogP contribution in [-0.4, -0.2) is 35.9 Å². The Labute approximate surface area is 114 Å². The van der Waals surface area contributed by atoms with Gasteiger partial charge in [0.2, 0.25) is 5.91 Å². The molecule has 1 saturated heterocycles. The van der Waals surface area contributed by atoms with Gasteiger partial charge in [0.05, 0.1) is 12.8 Å². The van der Waals surface area contributed by atoms with Crippen LogP contribution in [0.15, 0.2) is 6.20 Å². The van der Waals surface area contributed by atoms with E-state index in [9.17, 15) is 9.59 Å². The van der Waals surface area contributed by atoms with Crippen LogP contribution in [0.4, 0.5) is 5.13 Å². The summed E-state index contributed by atoms with van der Waals surface area (Å²) >= 11 is 6.92. The highest BCUT2D eigenvalue weighted by Gasteiger charge is 2.32. The highest BCUT2D eigenvalue weighted by molar-refractivity contribution is 7.17. The third-order valence-corrected chi connectivity index (χ3v) is 4.06. The molecule has 0 bridgehead atoms. The van der Waals surface area contributed by atoms with Crippen LogP contribution in [0.1, 0.15) is 23.0 Å². The van der Waals surface area contributed by atoms with Gasteiger partial charge in [-0.2, -0.15) is 0 Å². The zero-order chi connectivity index (χ0) is 13.1. The first-order valence-electron chi connectivity index (χ1n) is 5.65. The first-order valence-corrected chi connectivity index (χ1v) is 7.00. The second-order valence-electron chi connectivity index (χ2n) is 3.96. The number of carbonyl (C=O) groups is 2. The van der Waals surface area contributed by atoms with E-state index < -0.39 is 5.97 Å². The maximum Gasteiger partial charge on any atom is 0.350 e. The number of anilines is 1. The zero-order valence-corrected chi connectivity index (χ0v) is 11.5. The summed E-state index contributed by atoms with van der Waals surface area (Å²) in [5, 5.41) is 0.538. The normalized spacial score (nSPS) is 19.3. The fourth-order valence-corrected chi connectivity index (χ4v) is 2.80. The summed E-state index contributed by atoms with van der Waals surface area (Å²) < 4.78 is 4.88. The number of thiazole rings is 1. The summed E-state index contributed by atoms with van der Waals surface area (Å²) in [7, 11) is 0. The zero-order valence-electron chi connectivity index (χ0n) is 9.89. The van der Waals surface area contributed by atoms with Gasteiger partial charge in [-0.3, -0.25) is 9.69 Å². The monoisotopic (exact) mass is 288 g/mol. The Hall–Kier alpha value is -1.14. The Kier molecular flexibility index (Phi) is 4.19. The molecule has 1 aliphatic heterocycles. The van der Waals surface area contributed by atoms with E-state index in [4.69, 9.17) is 16.3 Å². The number of hydrogen-bond acceptors (Lipinski definition) is 5. The van der Waals surface area contributed by atoms with Gasteiger partial charge in [-0.1, -0.05) is 11.3 Å². The number of alkyl halides is 1. The summed E-state index contributed by atoms with van der Waals surface area (Å²) in [5.41, 5.74) is 0. The molecule has 0 aromatic carbocycles. The van der Waals surface area contributed by atoms with Crippen molar-refractivity contribution in [2.24, 2.45) is 5.92 Å². The van der Waals surface area contributed by atoms with E-state index in [1.165, 1.54) is 17.5 Å². The van der Waals surface area contributed by atoms with Crippen LogP contribution in [0, 0.1) is 5.92 Å². The van der Waals surface area contributed by atoms with Crippen molar-refractivity contribution in [1.29, 1.82) is 0 Å². The SMILES string of the molecule is CCOC(=O)c1cnc(N2CC(CCl)CC2=O)s1. The van der Waals surface area contributed by atoms with Crippen molar-refractivity contribution >= 4 is 39.9 Å². The summed E-state index contributed by atoms with van der Waals surface area (Å²) in [6.45, 7) is 2.63. The van der Waals surface area contributed by atoms with Crippen molar-refractivity contribution in [3.05, 3.63) is 11.1 Å². The Morgan fingerprint density at radius 1 is 1.72 bits per heavy atom. The van der Waals surface area contributed by atoms with E-state index >= 15 is 0 Å². The summed E-state index contributed by atoms with van der Waals surface area (Å²) in [6, 6.07) is 0. The number of nitrogens with zero attached hydrogens (tertiary/aromatic N) is 2. The molecule has 1 aromatic heterocycles. The molecule has 18 heavy (non-hydrogen) atoms. The van der Waals surface area contributed by atoms with Crippen molar-refractivity contribution < 1.29 is 14.3 Å². The molecule has 0 aliphatic carbocycles. The van der Waals surface area contributed by atoms with Crippen molar-refractivity contribution in [2.75, 3.05) is 23.9 Å². The van der Waals surface area contributed by atoms with Crippen LogP contribution in [0.2, 0.25) is 0 Å². The van der Waals surface area contributed by atoms with E-state index in [2.05, 4.69) is 4.98 Å². The van der Waals surface area contributed by atoms with Gasteiger partial charge in [0.1, 0.15) is 4.88 Å². The third kappa shape index (κ3) is 2.64. The number of esters is 1. The molecule has 2 rings (SSSR count). The van der Waals surface area contributed by atoms with Crippen molar-refractivity contribution in [3.63, 3.8) is 0 Å². The number of halogens is 1. The van der Waals surface area contributed by atoms with Gasteiger partial charge in [0.15, 0.2) is 5.13 Å². The molecule has 0 spiro atoms. The van der Waals surface area contributed by atoms with Gasteiger partial charge < -0.3 is 4.74 Å².